The summed E-state index contributed by atoms with van der Waals surface area (Å²) < 4.78 is 65.7. The zero-order chi connectivity index (χ0) is 15.0. The molecule has 8 heteroatoms. The number of halogens is 5. The molecular weight excluding hydrogens is 281 g/mol. The third-order valence-corrected chi connectivity index (χ3v) is 2.61. The summed E-state index contributed by atoms with van der Waals surface area (Å²) in [7, 11) is 0. The Morgan fingerprint density at radius 2 is 1.45 bits per heavy atom. The molecule has 0 aliphatic heterocycles. The Balaban J connectivity index is 2.51. The molecule has 0 radical (unpaired) electrons. The smallest absolute Gasteiger partial charge is 0.200 e. The second-order valence-corrected chi connectivity index (χ2v) is 4.00. The minimum Gasteiger partial charge on any atom is -0.398 e. The van der Waals surface area contributed by atoms with Crippen molar-refractivity contribution in [3.8, 4) is 0 Å². The molecule has 2 aromatic rings. The molecule has 1 aromatic carbocycles. The van der Waals surface area contributed by atoms with Crippen molar-refractivity contribution >= 4 is 17.2 Å². The normalized spacial score (nSPS) is 10.7. The molecule has 0 atom stereocenters. The molecule has 0 unspecified atom stereocenters. The first-order chi connectivity index (χ1) is 9.32. The second kappa shape index (κ2) is 4.95. The quantitative estimate of drug-likeness (QED) is 0.506. The maximum atomic E-state index is 13.4. The van der Waals surface area contributed by atoms with E-state index in [2.05, 4.69) is 4.98 Å². The molecule has 0 saturated heterocycles. The Kier molecular flexibility index (Phi) is 3.47. The molecule has 3 nitrogen and oxygen atoms in total. The van der Waals surface area contributed by atoms with Crippen molar-refractivity contribution in [3.63, 3.8) is 0 Å². The number of hydrogen-bond donors (Lipinski definition) is 2. The standard InChI is InChI=1S/C12H8F5N3/c1-4-3-19-6(2-5(4)18)20-12-10(16)8(14)7(13)9(15)11(12)17/h2-3H,1H3,(H3,18,19,20). The van der Waals surface area contributed by atoms with E-state index in [9.17, 15) is 22.0 Å². The van der Waals surface area contributed by atoms with Crippen molar-refractivity contribution in [1.29, 1.82) is 0 Å². The van der Waals surface area contributed by atoms with Gasteiger partial charge in [-0.25, -0.2) is 26.9 Å². The zero-order valence-electron chi connectivity index (χ0n) is 10.1. The number of hydrogen-bond acceptors (Lipinski definition) is 3. The highest BCUT2D eigenvalue weighted by Gasteiger charge is 2.26. The van der Waals surface area contributed by atoms with Gasteiger partial charge in [0.15, 0.2) is 23.3 Å². The molecule has 20 heavy (non-hydrogen) atoms. The van der Waals surface area contributed by atoms with Crippen molar-refractivity contribution in [1.82, 2.24) is 4.98 Å². The first kappa shape index (κ1) is 14.0. The van der Waals surface area contributed by atoms with E-state index in [1.54, 1.807) is 6.92 Å². The molecule has 1 aromatic heterocycles. The molecular formula is C12H8F5N3. The molecule has 0 spiro atoms. The number of nitrogens with one attached hydrogen (secondary N) is 1. The number of rotatable bonds is 2. The SMILES string of the molecule is Cc1cnc(Nc2c(F)c(F)c(F)c(F)c2F)cc1N. The molecule has 0 saturated carbocycles. The largest absolute Gasteiger partial charge is 0.398 e. The van der Waals surface area contributed by atoms with Gasteiger partial charge in [0.2, 0.25) is 5.82 Å². The number of nitrogens with two attached hydrogens (primary N) is 1. The summed E-state index contributed by atoms with van der Waals surface area (Å²) in [6, 6.07) is 1.22. The lowest BCUT2D eigenvalue weighted by molar-refractivity contribution is 0.382. The Morgan fingerprint density at radius 3 is 1.95 bits per heavy atom. The van der Waals surface area contributed by atoms with Crippen LogP contribution in [0.2, 0.25) is 0 Å². The summed E-state index contributed by atoms with van der Waals surface area (Å²) in [5, 5.41) is 2.03. The van der Waals surface area contributed by atoms with Crippen LogP contribution in [0.15, 0.2) is 12.3 Å². The van der Waals surface area contributed by atoms with Crippen LogP contribution in [-0.2, 0) is 0 Å². The zero-order valence-corrected chi connectivity index (χ0v) is 10.1. The van der Waals surface area contributed by atoms with Gasteiger partial charge in [-0.3, -0.25) is 0 Å². The van der Waals surface area contributed by atoms with Gasteiger partial charge in [0.05, 0.1) is 0 Å². The molecule has 1 heterocycles. The van der Waals surface area contributed by atoms with Crippen molar-refractivity contribution < 1.29 is 22.0 Å². The van der Waals surface area contributed by atoms with Gasteiger partial charge in [0.1, 0.15) is 11.5 Å². The Morgan fingerprint density at radius 1 is 0.950 bits per heavy atom. The van der Waals surface area contributed by atoms with Crippen molar-refractivity contribution in [2.24, 2.45) is 0 Å². The summed E-state index contributed by atoms with van der Waals surface area (Å²) in [5.41, 5.74) is 5.24. The van der Waals surface area contributed by atoms with Crippen molar-refractivity contribution in [2.75, 3.05) is 11.1 Å². The number of anilines is 3. The van der Waals surface area contributed by atoms with Gasteiger partial charge in [-0.15, -0.1) is 0 Å². The molecule has 0 bridgehead atoms. The van der Waals surface area contributed by atoms with E-state index >= 15 is 0 Å². The Labute approximate surface area is 110 Å². The number of aryl methyl sites for hydroxylation is 1. The monoisotopic (exact) mass is 289 g/mol. The van der Waals surface area contributed by atoms with Gasteiger partial charge in [0.25, 0.3) is 0 Å². The summed E-state index contributed by atoms with van der Waals surface area (Å²) in [6.45, 7) is 1.64. The number of aromatic nitrogens is 1. The predicted octanol–water partition coefficient (Wildman–Crippen LogP) is 3.41. The lowest BCUT2D eigenvalue weighted by atomic mass is 10.2. The minimum absolute atomic E-state index is 0.142. The van der Waals surface area contributed by atoms with Crippen molar-refractivity contribution in [3.05, 3.63) is 46.9 Å². The Bertz CT molecular complexity index is 658. The van der Waals surface area contributed by atoms with E-state index in [1.807, 2.05) is 5.32 Å². The van der Waals surface area contributed by atoms with Gasteiger partial charge >= 0.3 is 0 Å². The summed E-state index contributed by atoms with van der Waals surface area (Å²) >= 11 is 0. The number of nitrogens with zero attached hydrogens (tertiary/aromatic N) is 1. The second-order valence-electron chi connectivity index (χ2n) is 4.00. The molecule has 0 aliphatic rings. The first-order valence-electron chi connectivity index (χ1n) is 5.33. The summed E-state index contributed by atoms with van der Waals surface area (Å²) in [4.78, 5) is 3.74. The average Bonchev–Trinajstić information content (AvgIpc) is 2.43. The molecule has 3 N–H and O–H groups in total. The Hall–Kier alpha value is -2.38. The predicted molar refractivity (Wildman–Crippen MR) is 62.9 cm³/mol. The van der Waals surface area contributed by atoms with Crippen LogP contribution >= 0.6 is 0 Å². The summed E-state index contributed by atoms with van der Waals surface area (Å²) in [6.07, 6.45) is 1.30. The highest BCUT2D eigenvalue weighted by Crippen LogP contribution is 2.29. The third kappa shape index (κ3) is 2.24. The van der Waals surface area contributed by atoms with E-state index < -0.39 is 34.8 Å². The van der Waals surface area contributed by atoms with Gasteiger partial charge < -0.3 is 11.1 Å². The third-order valence-electron chi connectivity index (χ3n) is 2.61. The van der Waals surface area contributed by atoms with Crippen LogP contribution in [0.1, 0.15) is 5.56 Å². The maximum absolute atomic E-state index is 13.4. The molecule has 106 valence electrons. The van der Waals surface area contributed by atoms with Crippen LogP contribution in [-0.4, -0.2) is 4.98 Å². The number of pyridine rings is 1. The molecule has 0 amide bonds. The first-order valence-corrected chi connectivity index (χ1v) is 5.33. The van der Waals surface area contributed by atoms with Crippen LogP contribution in [0.5, 0.6) is 0 Å². The van der Waals surface area contributed by atoms with Gasteiger partial charge in [0, 0.05) is 18.0 Å². The minimum atomic E-state index is -2.22. The van der Waals surface area contributed by atoms with E-state index in [0.717, 1.165) is 0 Å². The van der Waals surface area contributed by atoms with Crippen LogP contribution in [0.3, 0.4) is 0 Å². The molecule has 0 fully saturated rings. The van der Waals surface area contributed by atoms with Crippen molar-refractivity contribution in [2.45, 2.75) is 6.92 Å². The van der Waals surface area contributed by atoms with Gasteiger partial charge in [-0.05, 0) is 12.5 Å². The van der Waals surface area contributed by atoms with Crippen LogP contribution < -0.4 is 11.1 Å². The van der Waals surface area contributed by atoms with Crippen LogP contribution in [0.4, 0.5) is 39.1 Å². The molecule has 2 rings (SSSR count). The van der Waals surface area contributed by atoms with Crippen LogP contribution in [0.25, 0.3) is 0 Å². The van der Waals surface area contributed by atoms with E-state index in [-0.39, 0.29) is 11.5 Å². The van der Waals surface area contributed by atoms with Gasteiger partial charge in [-0.1, -0.05) is 0 Å². The van der Waals surface area contributed by atoms with Crippen LogP contribution in [0, 0.1) is 36.0 Å². The molecule has 0 aliphatic carbocycles. The lowest BCUT2D eigenvalue weighted by Gasteiger charge is -2.11. The fraction of sp³-hybridized carbons (Fsp3) is 0.0833. The fourth-order valence-electron chi connectivity index (χ4n) is 1.45. The maximum Gasteiger partial charge on any atom is 0.200 e. The van der Waals surface area contributed by atoms with E-state index in [1.165, 1.54) is 12.3 Å². The van der Waals surface area contributed by atoms with E-state index in [4.69, 9.17) is 5.73 Å². The van der Waals surface area contributed by atoms with E-state index in [0.29, 0.717) is 5.56 Å². The number of nitrogen functional groups attached to an aromatic ring is 1. The highest BCUT2D eigenvalue weighted by atomic mass is 19.2. The average molecular weight is 289 g/mol. The lowest BCUT2D eigenvalue weighted by Crippen LogP contribution is -2.08. The van der Waals surface area contributed by atoms with Gasteiger partial charge in [-0.2, -0.15) is 0 Å². The number of benzene rings is 1. The summed E-state index contributed by atoms with van der Waals surface area (Å²) in [5.74, 6) is -10.4. The topological polar surface area (TPSA) is 50.9 Å². The highest BCUT2D eigenvalue weighted by molar-refractivity contribution is 5.62. The fourth-order valence-corrected chi connectivity index (χ4v) is 1.45.